The van der Waals surface area contributed by atoms with E-state index in [2.05, 4.69) is 178 Å². The van der Waals surface area contributed by atoms with Gasteiger partial charge in [-0.05, 0) is 0 Å². The number of hydrogen-bond donors (Lipinski definition) is 0. The molecule has 2 atom stereocenters. The van der Waals surface area contributed by atoms with Crippen LogP contribution in [0.5, 0.6) is 0 Å². The first-order chi connectivity index (χ1) is 26.4. The molecule has 0 spiro atoms. The Morgan fingerprint density at radius 1 is 0.464 bits per heavy atom. The number of pyridine rings is 2. The van der Waals surface area contributed by atoms with Gasteiger partial charge in [0.15, 0.2) is 0 Å². The number of para-hydroxylation sites is 2. The van der Waals surface area contributed by atoms with Gasteiger partial charge in [0, 0.05) is 0 Å². The summed E-state index contributed by atoms with van der Waals surface area (Å²) in [4.78, 5) is 9.76. The third kappa shape index (κ3) is 5.60. The van der Waals surface area contributed by atoms with Crippen LogP contribution in [0.1, 0.15) is 43.4 Å². The van der Waals surface area contributed by atoms with Crippen molar-refractivity contribution in [1.82, 2.24) is 9.97 Å². The van der Waals surface area contributed by atoms with Gasteiger partial charge in [-0.15, -0.1) is 24.8 Å². The Morgan fingerprint density at radius 2 is 0.875 bits per heavy atom. The first-order valence-corrected chi connectivity index (χ1v) is 30.1. The molecule has 2 heterocycles. The number of aromatic nitrogens is 2. The third-order valence-corrected chi connectivity index (χ3v) is 40.8. The molecule has 2 aromatic heterocycles. The molecule has 0 saturated heterocycles. The zero-order valence-corrected chi connectivity index (χ0v) is 36.9. The Balaban J connectivity index is 0.00000220. The van der Waals surface area contributed by atoms with Gasteiger partial charge in [-0.25, -0.2) is 0 Å². The average molecular weight is 861 g/mol. The maximum Gasteiger partial charge on any atom is -0.147 e. The summed E-state index contributed by atoms with van der Waals surface area (Å²) in [6.07, 6.45) is 8.81. The molecular weight excluding hydrogens is 819 g/mol. The maximum atomic E-state index is 4.88. The number of fused-ring (bicyclic) bond motifs is 4. The largest absolute Gasteiger partial charge is 0.147 e. The van der Waals surface area contributed by atoms with Crippen LogP contribution in [0.3, 0.4) is 0 Å². The van der Waals surface area contributed by atoms with Crippen LogP contribution in [-0.2, 0) is 17.4 Å². The molecule has 274 valence electrons. The number of halogens is 2. The summed E-state index contributed by atoms with van der Waals surface area (Å²) in [5.74, 6) is 0. The second-order valence-electron chi connectivity index (χ2n) is 15.5. The molecule has 0 amide bonds. The van der Waals surface area contributed by atoms with E-state index in [0.717, 1.165) is 21.8 Å². The monoisotopic (exact) mass is 858 g/mol. The third-order valence-electron chi connectivity index (χ3n) is 12.6. The van der Waals surface area contributed by atoms with Crippen LogP contribution in [0, 0.1) is 0 Å². The predicted octanol–water partition coefficient (Wildman–Crippen LogP) is 11.5. The fourth-order valence-electron chi connectivity index (χ4n) is 10.5. The number of rotatable bonds is 6. The quantitative estimate of drug-likeness (QED) is 0.156. The fraction of sp³-hybridized carbons (Fsp3) is 0.0800. The van der Waals surface area contributed by atoms with Crippen LogP contribution in [0.25, 0.3) is 56.2 Å². The second-order valence-corrected chi connectivity index (χ2v) is 38.2. The zero-order valence-electron chi connectivity index (χ0n) is 31.4. The van der Waals surface area contributed by atoms with Gasteiger partial charge >= 0.3 is 322 Å². The van der Waals surface area contributed by atoms with Crippen LogP contribution in [0.4, 0.5) is 0 Å². The molecule has 0 N–H and O–H groups in total. The van der Waals surface area contributed by atoms with Crippen molar-refractivity contribution in [3.05, 3.63) is 204 Å². The molecular formula is C50H42Cl2N2SiZr. The minimum absolute atomic E-state index is 0. The molecule has 2 unspecified atom stereocenters. The molecule has 0 radical (unpaired) electrons. The Hall–Kier alpha value is -4.70. The SMILES string of the molecule is CC1=Cc2ccc(-c3cccc4cccnc34)cc2[CH]1[Zr](=[SiH2])([c]1ccccc1)([c]1ccccc1)[CH]1C(C)=Cc2ccc(-c3cccc4cccnc34)cc21.Cl.Cl. The Bertz CT molecular complexity index is 2730. The average Bonchev–Trinajstić information content (AvgIpc) is 3.76. The summed E-state index contributed by atoms with van der Waals surface area (Å²) in [5, 5.41) is 2.33. The van der Waals surface area contributed by atoms with Crippen molar-refractivity contribution in [3.63, 3.8) is 0 Å². The van der Waals surface area contributed by atoms with E-state index in [9.17, 15) is 0 Å². The molecule has 2 aliphatic carbocycles. The summed E-state index contributed by atoms with van der Waals surface area (Å²) >= 11 is -4.78. The van der Waals surface area contributed by atoms with Gasteiger partial charge in [-0.2, -0.15) is 0 Å². The van der Waals surface area contributed by atoms with Crippen LogP contribution in [0.2, 0.25) is 0 Å². The molecule has 0 saturated carbocycles. The van der Waals surface area contributed by atoms with Crippen molar-refractivity contribution < 1.29 is 17.4 Å². The van der Waals surface area contributed by atoms with Gasteiger partial charge in [0.1, 0.15) is 0 Å². The van der Waals surface area contributed by atoms with E-state index in [4.69, 9.17) is 9.97 Å². The van der Waals surface area contributed by atoms with E-state index in [1.807, 2.05) is 24.5 Å². The molecule has 6 aromatic carbocycles. The number of allylic oxidation sites excluding steroid dienone is 2. The van der Waals surface area contributed by atoms with Gasteiger partial charge in [0.25, 0.3) is 0 Å². The van der Waals surface area contributed by atoms with E-state index in [1.165, 1.54) is 62.2 Å². The van der Waals surface area contributed by atoms with Gasteiger partial charge in [0.2, 0.25) is 0 Å². The molecule has 8 aromatic rings. The van der Waals surface area contributed by atoms with Crippen molar-refractivity contribution in [2.24, 2.45) is 0 Å². The fourth-order valence-corrected chi connectivity index (χ4v) is 39.7. The van der Waals surface area contributed by atoms with E-state index in [0.29, 0.717) is 0 Å². The van der Waals surface area contributed by atoms with Crippen molar-refractivity contribution >= 4 is 72.2 Å². The van der Waals surface area contributed by atoms with Gasteiger partial charge in [0.05, 0.1) is 0 Å². The topological polar surface area (TPSA) is 25.8 Å². The molecule has 56 heavy (non-hydrogen) atoms. The molecule has 0 bridgehead atoms. The Morgan fingerprint density at radius 3 is 1.30 bits per heavy atom. The summed E-state index contributed by atoms with van der Waals surface area (Å²) in [6.45, 7) is 7.24. The zero-order chi connectivity index (χ0) is 36.5. The molecule has 2 nitrogen and oxygen atoms in total. The van der Waals surface area contributed by atoms with Crippen LogP contribution < -0.4 is 6.54 Å². The van der Waals surface area contributed by atoms with Crippen molar-refractivity contribution in [1.29, 1.82) is 0 Å². The van der Waals surface area contributed by atoms with Crippen molar-refractivity contribution in [2.75, 3.05) is 0 Å². The number of hydrogen-bond acceptors (Lipinski definition) is 2. The van der Waals surface area contributed by atoms with Gasteiger partial charge in [-0.3, -0.25) is 0 Å². The van der Waals surface area contributed by atoms with E-state index >= 15 is 0 Å². The van der Waals surface area contributed by atoms with Crippen LogP contribution in [-0.4, -0.2) is 16.8 Å². The van der Waals surface area contributed by atoms with Crippen molar-refractivity contribution in [2.45, 2.75) is 21.1 Å². The Kier molecular flexibility index (Phi) is 10.0. The van der Waals surface area contributed by atoms with E-state index in [1.54, 1.807) is 0 Å². The predicted molar refractivity (Wildman–Crippen MR) is 242 cm³/mol. The van der Waals surface area contributed by atoms with Crippen LogP contribution in [0.15, 0.2) is 181 Å². The first-order valence-electron chi connectivity index (χ1n) is 18.9. The summed E-state index contributed by atoms with van der Waals surface area (Å²) in [5.41, 5.74) is 15.4. The molecule has 6 heteroatoms. The molecule has 0 fully saturated rings. The standard InChI is InChI=1S/2C19H14N.2C6H5.2ClH.H2Si.Zr/c2*1-13-10-15-7-8-16(12-17(15)11-13)18-6-2-4-14-5-3-9-20-19(14)18;2*1-2-4-6-5-3-1;;;;/h2*2-12H,1H3;2*1-5H;2*1H;1H2;. The summed E-state index contributed by atoms with van der Waals surface area (Å²) in [6, 6.07) is 59.3. The van der Waals surface area contributed by atoms with Gasteiger partial charge < -0.3 is 0 Å². The summed E-state index contributed by atoms with van der Waals surface area (Å²) in [7, 11) is 0. The smallest absolute Gasteiger partial charge is 0.147 e. The van der Waals surface area contributed by atoms with E-state index in [-0.39, 0.29) is 32.1 Å². The van der Waals surface area contributed by atoms with Crippen molar-refractivity contribution in [3.8, 4) is 22.3 Å². The second kappa shape index (κ2) is 14.7. The molecule has 0 aliphatic heterocycles. The molecule has 10 rings (SSSR count). The van der Waals surface area contributed by atoms with Gasteiger partial charge in [-0.1, -0.05) is 0 Å². The number of benzene rings is 6. The number of nitrogens with zero attached hydrogens (tertiary/aromatic N) is 2. The van der Waals surface area contributed by atoms with Crippen LogP contribution >= 0.6 is 24.8 Å². The minimum atomic E-state index is -4.78. The molecule has 2 aliphatic rings. The normalized spacial score (nSPS) is 16.0. The summed E-state index contributed by atoms with van der Waals surface area (Å²) < 4.78 is 3.51. The first kappa shape index (κ1) is 38.2. The minimum Gasteiger partial charge on any atom is -0.147 e. The maximum absolute atomic E-state index is 4.88. The van der Waals surface area contributed by atoms with E-state index < -0.39 is 17.4 Å². The Labute approximate surface area is 343 Å².